The van der Waals surface area contributed by atoms with Crippen LogP contribution in [0.1, 0.15) is 43.6 Å². The first-order chi connectivity index (χ1) is 16.0. The number of nitrogens with one attached hydrogen (secondary N) is 1. The molecule has 0 spiro atoms. The molecule has 0 atom stereocenters. The zero-order valence-electron chi connectivity index (χ0n) is 18.3. The van der Waals surface area contributed by atoms with Crippen LogP contribution in [-0.4, -0.2) is 50.8 Å². The molecule has 3 aromatic rings. The SMILES string of the molecule is COc1ccccc1OC(=O)N(C)CC#Cc1nc2c([nH]1)c(=O)n(C1CC1)c(=O)n2C1CC1. The summed E-state index contributed by atoms with van der Waals surface area (Å²) in [7, 11) is 3.06. The van der Waals surface area contributed by atoms with Gasteiger partial charge in [0.25, 0.3) is 5.56 Å². The Hall–Kier alpha value is -4.00. The van der Waals surface area contributed by atoms with Gasteiger partial charge in [0, 0.05) is 19.1 Å². The fourth-order valence-electron chi connectivity index (χ4n) is 3.66. The number of rotatable bonds is 5. The number of ether oxygens (including phenoxy) is 2. The quantitative estimate of drug-likeness (QED) is 0.597. The van der Waals surface area contributed by atoms with Gasteiger partial charge in [-0.2, -0.15) is 0 Å². The van der Waals surface area contributed by atoms with Gasteiger partial charge < -0.3 is 14.5 Å². The molecule has 170 valence electrons. The van der Waals surface area contributed by atoms with E-state index in [2.05, 4.69) is 21.8 Å². The van der Waals surface area contributed by atoms with Crippen molar-refractivity contribution in [3.05, 3.63) is 50.9 Å². The topological polar surface area (TPSA) is 111 Å². The number of hydrogen-bond acceptors (Lipinski definition) is 6. The molecule has 1 amide bonds. The van der Waals surface area contributed by atoms with E-state index in [0.717, 1.165) is 25.7 Å². The number of carbonyl (C=O) groups excluding carboxylic acids is 1. The van der Waals surface area contributed by atoms with Crippen molar-refractivity contribution in [3.63, 3.8) is 0 Å². The number of methoxy groups -OCH3 is 1. The molecule has 0 bridgehead atoms. The Morgan fingerprint density at radius 3 is 2.48 bits per heavy atom. The number of amides is 1. The fourth-order valence-corrected chi connectivity index (χ4v) is 3.66. The van der Waals surface area contributed by atoms with E-state index in [1.165, 1.54) is 16.6 Å². The molecule has 2 fully saturated rings. The number of para-hydroxylation sites is 2. The summed E-state index contributed by atoms with van der Waals surface area (Å²) in [6.07, 6.45) is 2.87. The lowest BCUT2D eigenvalue weighted by Gasteiger charge is -2.15. The minimum absolute atomic E-state index is 0.0277. The molecule has 10 nitrogen and oxygen atoms in total. The van der Waals surface area contributed by atoms with Gasteiger partial charge in [-0.3, -0.25) is 18.8 Å². The molecule has 0 aliphatic heterocycles. The smallest absolute Gasteiger partial charge is 0.415 e. The third kappa shape index (κ3) is 3.98. The maximum Gasteiger partial charge on any atom is 0.415 e. The van der Waals surface area contributed by atoms with Gasteiger partial charge in [0.15, 0.2) is 28.5 Å². The second kappa shape index (κ2) is 8.16. The third-order valence-corrected chi connectivity index (χ3v) is 5.68. The maximum absolute atomic E-state index is 12.9. The Balaban J connectivity index is 1.36. The van der Waals surface area contributed by atoms with Crippen molar-refractivity contribution in [2.45, 2.75) is 37.8 Å². The van der Waals surface area contributed by atoms with Crippen molar-refractivity contribution in [1.29, 1.82) is 0 Å². The highest BCUT2D eigenvalue weighted by molar-refractivity contribution is 5.72. The number of H-pyrrole nitrogens is 1. The van der Waals surface area contributed by atoms with Crippen LogP contribution in [0.4, 0.5) is 4.79 Å². The van der Waals surface area contributed by atoms with Crippen LogP contribution >= 0.6 is 0 Å². The summed E-state index contributed by atoms with van der Waals surface area (Å²) in [5.41, 5.74) is -0.00550. The van der Waals surface area contributed by atoms with Crippen molar-refractivity contribution in [2.24, 2.45) is 0 Å². The molecule has 1 aromatic carbocycles. The van der Waals surface area contributed by atoms with Crippen LogP contribution in [0.25, 0.3) is 11.2 Å². The molecule has 5 rings (SSSR count). The first kappa shape index (κ1) is 20.9. The van der Waals surface area contributed by atoms with E-state index in [1.807, 2.05) is 0 Å². The molecular weight excluding hydrogens is 426 g/mol. The average Bonchev–Trinajstić information content (AvgIpc) is 3.73. The van der Waals surface area contributed by atoms with Crippen LogP contribution < -0.4 is 20.7 Å². The second-order valence-corrected chi connectivity index (χ2v) is 8.25. The Bertz CT molecular complexity index is 1410. The zero-order valence-corrected chi connectivity index (χ0v) is 18.3. The van der Waals surface area contributed by atoms with Crippen molar-refractivity contribution in [2.75, 3.05) is 20.7 Å². The highest BCUT2D eigenvalue weighted by Crippen LogP contribution is 2.36. The van der Waals surface area contributed by atoms with Crippen LogP contribution in [0.2, 0.25) is 0 Å². The Kier molecular flexibility index (Phi) is 5.17. The molecule has 2 aliphatic rings. The summed E-state index contributed by atoms with van der Waals surface area (Å²) >= 11 is 0. The number of aromatic amines is 1. The number of nitrogens with zero attached hydrogens (tertiary/aromatic N) is 4. The molecule has 2 heterocycles. The maximum atomic E-state index is 12.9. The largest absolute Gasteiger partial charge is 0.493 e. The molecule has 2 aromatic heterocycles. The first-order valence-electron chi connectivity index (χ1n) is 10.8. The van der Waals surface area contributed by atoms with Crippen LogP contribution in [0.3, 0.4) is 0 Å². The molecule has 0 radical (unpaired) electrons. The highest BCUT2D eigenvalue weighted by atomic mass is 16.6. The summed E-state index contributed by atoms with van der Waals surface area (Å²) in [5.74, 6) is 6.75. The third-order valence-electron chi connectivity index (χ3n) is 5.68. The molecular formula is C23H23N5O5. The molecule has 2 aliphatic carbocycles. The standard InChI is InChI=1S/C23H23N5O5/c1-26(23(31)33-17-7-4-3-6-16(17)32-2)13-5-8-18-24-19-20(25-18)27(14-9-10-14)22(30)28(21(19)29)15-11-12-15/h3-4,6-7,14-15H,9-13H2,1-2H3,(H,24,25). The van der Waals surface area contributed by atoms with E-state index in [-0.39, 0.29) is 35.7 Å². The average molecular weight is 449 g/mol. The van der Waals surface area contributed by atoms with Gasteiger partial charge in [-0.15, -0.1) is 0 Å². The second-order valence-electron chi connectivity index (χ2n) is 8.25. The van der Waals surface area contributed by atoms with E-state index in [0.29, 0.717) is 22.7 Å². The number of aromatic nitrogens is 4. The van der Waals surface area contributed by atoms with Gasteiger partial charge in [-0.05, 0) is 43.7 Å². The van der Waals surface area contributed by atoms with Gasteiger partial charge in [-0.25, -0.2) is 14.6 Å². The lowest BCUT2D eigenvalue weighted by molar-refractivity contribution is 0.166. The zero-order chi connectivity index (χ0) is 23.1. The van der Waals surface area contributed by atoms with Gasteiger partial charge in [0.1, 0.15) is 0 Å². The number of hydrogen-bond donors (Lipinski definition) is 1. The summed E-state index contributed by atoms with van der Waals surface area (Å²) in [6.45, 7) is 0.0762. The van der Waals surface area contributed by atoms with Gasteiger partial charge in [-0.1, -0.05) is 18.1 Å². The number of benzene rings is 1. The van der Waals surface area contributed by atoms with Crippen LogP contribution in [0.5, 0.6) is 11.5 Å². The van der Waals surface area contributed by atoms with Crippen LogP contribution in [-0.2, 0) is 0 Å². The van der Waals surface area contributed by atoms with E-state index in [1.54, 1.807) is 35.9 Å². The summed E-state index contributed by atoms with van der Waals surface area (Å²) in [5, 5.41) is 0. The number of carbonyl (C=O) groups is 1. The first-order valence-corrected chi connectivity index (χ1v) is 10.8. The minimum Gasteiger partial charge on any atom is -0.493 e. The van der Waals surface area contributed by atoms with Gasteiger partial charge in [0.2, 0.25) is 0 Å². The van der Waals surface area contributed by atoms with E-state index in [4.69, 9.17) is 9.47 Å². The highest BCUT2D eigenvalue weighted by Gasteiger charge is 2.34. The van der Waals surface area contributed by atoms with Crippen LogP contribution in [0, 0.1) is 11.8 Å². The Labute approximate surface area is 188 Å². The van der Waals surface area contributed by atoms with Crippen molar-refractivity contribution < 1.29 is 14.3 Å². The van der Waals surface area contributed by atoms with Gasteiger partial charge in [0.05, 0.1) is 13.7 Å². The van der Waals surface area contributed by atoms with Crippen molar-refractivity contribution >= 4 is 17.3 Å². The van der Waals surface area contributed by atoms with Gasteiger partial charge >= 0.3 is 11.8 Å². The minimum atomic E-state index is -0.590. The lowest BCUT2D eigenvalue weighted by atomic mass is 10.3. The molecule has 33 heavy (non-hydrogen) atoms. The van der Waals surface area contributed by atoms with E-state index in [9.17, 15) is 14.4 Å². The predicted molar refractivity (Wildman–Crippen MR) is 120 cm³/mol. The van der Waals surface area contributed by atoms with E-state index >= 15 is 0 Å². The predicted octanol–water partition coefficient (Wildman–Crippen LogP) is 2.05. The normalized spacial score (nSPS) is 15.1. The Morgan fingerprint density at radius 2 is 1.82 bits per heavy atom. The lowest BCUT2D eigenvalue weighted by Crippen LogP contribution is -2.39. The van der Waals surface area contributed by atoms with Crippen molar-refractivity contribution in [1.82, 2.24) is 24.0 Å². The molecule has 0 saturated heterocycles. The number of imidazole rings is 1. The van der Waals surface area contributed by atoms with E-state index < -0.39 is 6.09 Å². The van der Waals surface area contributed by atoms with Crippen LogP contribution in [0.15, 0.2) is 33.9 Å². The monoisotopic (exact) mass is 449 g/mol. The molecule has 0 unspecified atom stereocenters. The molecule has 1 N–H and O–H groups in total. The summed E-state index contributed by atoms with van der Waals surface area (Å²) < 4.78 is 13.5. The molecule has 2 saturated carbocycles. The fraction of sp³-hybridized carbons (Fsp3) is 0.391. The summed E-state index contributed by atoms with van der Waals surface area (Å²) in [4.78, 5) is 46.9. The summed E-state index contributed by atoms with van der Waals surface area (Å²) in [6, 6.07) is 6.90. The number of fused-ring (bicyclic) bond motifs is 1. The Morgan fingerprint density at radius 1 is 1.15 bits per heavy atom. The molecule has 10 heteroatoms. The van der Waals surface area contributed by atoms with Crippen molar-refractivity contribution in [3.8, 4) is 23.3 Å².